The molecule has 0 aliphatic carbocycles. The molecule has 2 rings (SSSR count). The highest BCUT2D eigenvalue weighted by molar-refractivity contribution is 5.98. The number of hydrogen-bond donors (Lipinski definition) is 10. The first-order valence-corrected chi connectivity index (χ1v) is 16.3. The maximum Gasteiger partial charge on any atom is 0.305 e. The monoisotopic (exact) mass is 687 g/mol. The van der Waals surface area contributed by atoms with Crippen molar-refractivity contribution in [3.05, 3.63) is 35.9 Å². The Hall–Kier alpha value is -5.22. The molecule has 0 unspecified atom stereocenters. The number of carbonyl (C=O) groups excluding carboxylic acids is 6. The van der Waals surface area contributed by atoms with E-state index in [-0.39, 0.29) is 50.0 Å². The fraction of sp³-hybridized carbons (Fsp3) is 0.562. The second-order valence-corrected chi connectivity index (χ2v) is 12.2. The summed E-state index contributed by atoms with van der Waals surface area (Å²) in [6, 6.07) is 3.52. The van der Waals surface area contributed by atoms with Crippen molar-refractivity contribution in [3.8, 4) is 0 Å². The van der Waals surface area contributed by atoms with Gasteiger partial charge in [-0.1, -0.05) is 44.2 Å². The Morgan fingerprint density at radius 1 is 0.816 bits per heavy atom. The van der Waals surface area contributed by atoms with Crippen LogP contribution in [0, 0.1) is 11.3 Å². The van der Waals surface area contributed by atoms with E-state index < -0.39 is 72.6 Å². The van der Waals surface area contributed by atoms with Crippen LogP contribution in [-0.2, 0) is 40.0 Å². The summed E-state index contributed by atoms with van der Waals surface area (Å²) in [6.45, 7) is 3.79. The summed E-state index contributed by atoms with van der Waals surface area (Å²) >= 11 is 0. The number of benzene rings is 1. The number of nitrogens with one attached hydrogen (secondary N) is 8. The van der Waals surface area contributed by atoms with Gasteiger partial charge in [0.25, 0.3) is 0 Å². The molecule has 1 aromatic rings. The minimum absolute atomic E-state index is 0.0197. The van der Waals surface area contributed by atoms with Gasteiger partial charge in [0.2, 0.25) is 35.4 Å². The van der Waals surface area contributed by atoms with E-state index in [1.165, 1.54) is 0 Å². The van der Waals surface area contributed by atoms with Crippen molar-refractivity contribution < 1.29 is 38.7 Å². The van der Waals surface area contributed by atoms with E-state index in [9.17, 15) is 38.7 Å². The van der Waals surface area contributed by atoms with Crippen molar-refractivity contribution in [2.45, 2.75) is 89.4 Å². The average molecular weight is 688 g/mol. The maximum absolute atomic E-state index is 13.8. The van der Waals surface area contributed by atoms with Crippen LogP contribution >= 0.6 is 0 Å². The zero-order valence-electron chi connectivity index (χ0n) is 27.9. The van der Waals surface area contributed by atoms with Crippen LogP contribution in [0.4, 0.5) is 0 Å². The predicted octanol–water partition coefficient (Wildman–Crippen LogP) is -1.63. The zero-order chi connectivity index (χ0) is 36.3. The highest BCUT2D eigenvalue weighted by Gasteiger charge is 2.33. The molecule has 17 heteroatoms. The second kappa shape index (κ2) is 20.9. The summed E-state index contributed by atoms with van der Waals surface area (Å²) in [5.74, 6) is -5.56. The number of carbonyl (C=O) groups is 7. The van der Waals surface area contributed by atoms with Gasteiger partial charge in [-0.25, -0.2) is 0 Å². The van der Waals surface area contributed by atoms with Gasteiger partial charge in [0.05, 0.1) is 13.0 Å². The molecule has 1 aromatic carbocycles. The Kier molecular flexibility index (Phi) is 17.0. The van der Waals surface area contributed by atoms with Crippen LogP contribution in [0.2, 0.25) is 0 Å². The second-order valence-electron chi connectivity index (χ2n) is 12.2. The van der Waals surface area contributed by atoms with Gasteiger partial charge in [0, 0.05) is 25.9 Å². The van der Waals surface area contributed by atoms with Gasteiger partial charge in [-0.2, -0.15) is 0 Å². The van der Waals surface area contributed by atoms with Gasteiger partial charge >= 0.3 is 5.97 Å². The van der Waals surface area contributed by atoms with Crippen molar-refractivity contribution in [1.82, 2.24) is 37.2 Å². The lowest BCUT2D eigenvalue weighted by molar-refractivity contribution is -0.141. The number of carboxylic acids is 1. The fourth-order valence-corrected chi connectivity index (χ4v) is 5.01. The molecule has 0 bridgehead atoms. The molecule has 1 aliphatic rings. The molecular weight excluding hydrogens is 638 g/mol. The Bertz CT molecular complexity index is 1320. The third-order valence-electron chi connectivity index (χ3n) is 7.46. The highest BCUT2D eigenvalue weighted by Crippen LogP contribution is 2.09. The minimum Gasteiger partial charge on any atom is -0.481 e. The molecule has 1 fully saturated rings. The SMILES string of the molecule is CC(C)CC(=O)NCCCC[C@@H]1NC(=O)[C@@H](Cc2ccccc2)NC(=O)[C@H](CC(=O)O)NC(=O)CNC(=O)[C@H](CCCNC(=N)N)NC1=O. The minimum atomic E-state index is -1.58. The van der Waals surface area contributed by atoms with Crippen LogP contribution in [-0.4, -0.2) is 96.3 Å². The number of amides is 6. The van der Waals surface area contributed by atoms with E-state index in [1.807, 2.05) is 13.8 Å². The lowest BCUT2D eigenvalue weighted by Crippen LogP contribution is -2.58. The molecule has 1 aliphatic heterocycles. The average Bonchev–Trinajstić information content (AvgIpc) is 3.02. The molecule has 0 spiro atoms. The number of rotatable bonds is 15. The van der Waals surface area contributed by atoms with E-state index in [0.29, 0.717) is 31.4 Å². The number of hydrogen-bond acceptors (Lipinski definition) is 8. The van der Waals surface area contributed by atoms with Gasteiger partial charge in [0.1, 0.15) is 24.2 Å². The molecule has 49 heavy (non-hydrogen) atoms. The first kappa shape index (κ1) is 40.0. The summed E-state index contributed by atoms with van der Waals surface area (Å²) in [6.07, 6.45) is 0.909. The summed E-state index contributed by atoms with van der Waals surface area (Å²) in [5, 5.41) is 34.8. The zero-order valence-corrected chi connectivity index (χ0v) is 27.9. The van der Waals surface area contributed by atoms with Crippen LogP contribution in [0.5, 0.6) is 0 Å². The van der Waals surface area contributed by atoms with E-state index in [0.717, 1.165) is 0 Å². The van der Waals surface area contributed by atoms with Crippen molar-refractivity contribution in [3.63, 3.8) is 0 Å². The largest absolute Gasteiger partial charge is 0.481 e. The van der Waals surface area contributed by atoms with E-state index in [4.69, 9.17) is 11.1 Å². The smallest absolute Gasteiger partial charge is 0.305 e. The van der Waals surface area contributed by atoms with Crippen molar-refractivity contribution in [2.24, 2.45) is 11.7 Å². The molecule has 270 valence electrons. The fourth-order valence-electron chi connectivity index (χ4n) is 5.01. The van der Waals surface area contributed by atoms with Gasteiger partial charge < -0.3 is 48.1 Å². The lowest BCUT2D eigenvalue weighted by atomic mass is 10.0. The summed E-state index contributed by atoms with van der Waals surface area (Å²) in [4.78, 5) is 90.3. The molecule has 0 aromatic heterocycles. The molecule has 11 N–H and O–H groups in total. The van der Waals surface area contributed by atoms with Crippen LogP contribution < -0.4 is 43.0 Å². The quantitative estimate of drug-likeness (QED) is 0.0571. The third kappa shape index (κ3) is 16.0. The molecule has 0 saturated carbocycles. The summed E-state index contributed by atoms with van der Waals surface area (Å²) in [7, 11) is 0. The van der Waals surface area contributed by atoms with Gasteiger partial charge in [-0.15, -0.1) is 0 Å². The number of guanidine groups is 1. The van der Waals surface area contributed by atoms with Gasteiger partial charge in [0.15, 0.2) is 5.96 Å². The number of unbranched alkanes of at least 4 members (excludes halogenated alkanes) is 1. The topological polar surface area (TPSA) is 274 Å². The molecule has 1 saturated heterocycles. The van der Waals surface area contributed by atoms with Gasteiger partial charge in [-0.3, -0.25) is 39.0 Å². The van der Waals surface area contributed by atoms with Crippen molar-refractivity contribution in [1.29, 1.82) is 5.41 Å². The third-order valence-corrected chi connectivity index (χ3v) is 7.46. The van der Waals surface area contributed by atoms with E-state index in [1.54, 1.807) is 30.3 Å². The van der Waals surface area contributed by atoms with E-state index in [2.05, 4.69) is 37.2 Å². The summed E-state index contributed by atoms with van der Waals surface area (Å²) in [5.41, 5.74) is 5.99. The molecule has 1 heterocycles. The standard InChI is InChI=1S/C32H49N9O8/c1-19(2)15-25(42)35-13-7-6-11-22-29(47)39-21(12-8-14-36-32(33)34)28(46)37-18-26(43)38-24(17-27(44)45)31(49)41-23(30(48)40-22)16-20-9-4-3-5-10-20/h3-5,9-10,19,21-24H,6-8,11-18H2,1-2H3,(H,35,42)(H,37,46)(H,38,43)(H,39,47)(H,40,48)(H,41,49)(H,44,45)(H4,33,34,36)/t21-,22-,23+,24-/m0/s1. The number of carboxylic acid groups (broad SMARTS) is 1. The first-order valence-electron chi connectivity index (χ1n) is 16.3. The Morgan fingerprint density at radius 2 is 1.39 bits per heavy atom. The Morgan fingerprint density at radius 3 is 2.02 bits per heavy atom. The van der Waals surface area contributed by atoms with Gasteiger partial charge in [-0.05, 0) is 43.6 Å². The Balaban J connectivity index is 2.39. The van der Waals surface area contributed by atoms with Crippen molar-refractivity contribution in [2.75, 3.05) is 19.6 Å². The van der Waals surface area contributed by atoms with Crippen LogP contribution in [0.3, 0.4) is 0 Å². The maximum atomic E-state index is 13.8. The van der Waals surface area contributed by atoms with Crippen LogP contribution in [0.15, 0.2) is 30.3 Å². The van der Waals surface area contributed by atoms with Crippen LogP contribution in [0.1, 0.15) is 64.4 Å². The molecular formula is C32H49N9O8. The highest BCUT2D eigenvalue weighted by atomic mass is 16.4. The first-order chi connectivity index (χ1) is 23.2. The molecule has 0 radical (unpaired) electrons. The summed E-state index contributed by atoms with van der Waals surface area (Å²) < 4.78 is 0. The predicted molar refractivity (Wildman–Crippen MR) is 179 cm³/mol. The molecule has 17 nitrogen and oxygen atoms in total. The Labute approximate surface area is 285 Å². The lowest BCUT2D eigenvalue weighted by Gasteiger charge is -2.26. The molecule has 4 atom stereocenters. The van der Waals surface area contributed by atoms with Crippen LogP contribution in [0.25, 0.3) is 0 Å². The number of nitrogens with two attached hydrogens (primary N) is 1. The normalized spacial score (nSPS) is 20.8. The van der Waals surface area contributed by atoms with Crippen molar-refractivity contribution >= 4 is 47.4 Å². The number of aliphatic carboxylic acids is 1. The van der Waals surface area contributed by atoms with E-state index >= 15 is 0 Å². The molecule has 6 amide bonds.